The summed E-state index contributed by atoms with van der Waals surface area (Å²) in [5.74, 6) is -2.85. The van der Waals surface area contributed by atoms with Crippen molar-refractivity contribution < 1.29 is 23.0 Å². The average molecular weight is 369 g/mol. The molecule has 6 heteroatoms. The van der Waals surface area contributed by atoms with Crippen LogP contribution in [0.1, 0.15) is 37.7 Å². The summed E-state index contributed by atoms with van der Waals surface area (Å²) < 4.78 is 38.1. The third-order valence-electron chi connectivity index (χ3n) is 4.92. The van der Waals surface area contributed by atoms with Gasteiger partial charge >= 0.3 is 5.97 Å². The van der Waals surface area contributed by atoms with Crippen molar-refractivity contribution in [3.8, 4) is 0 Å². The van der Waals surface area contributed by atoms with Gasteiger partial charge in [-0.3, -0.25) is 4.79 Å². The highest BCUT2D eigenvalue weighted by atomic mass is 19.3. The number of rotatable bonds is 12. The minimum atomic E-state index is -2.65. The maximum absolute atomic E-state index is 14.0. The topological polar surface area (TPSA) is 38.8 Å². The van der Waals surface area contributed by atoms with Gasteiger partial charge in [-0.05, 0) is 32.0 Å². The number of benzene rings is 1. The number of alkyl halides is 2. The lowest BCUT2D eigenvalue weighted by molar-refractivity contribution is -0.140. The molecule has 0 heterocycles. The summed E-state index contributed by atoms with van der Waals surface area (Å²) in [6.07, 6.45) is 2.83. The van der Waals surface area contributed by atoms with Crippen LogP contribution in [0.5, 0.6) is 0 Å². The number of esters is 1. The molecule has 1 fully saturated rings. The molecule has 1 aromatic carbocycles. The van der Waals surface area contributed by atoms with E-state index in [1.54, 1.807) is 0 Å². The molecule has 4 nitrogen and oxygen atoms in total. The minimum absolute atomic E-state index is 0.0710. The molecule has 0 amide bonds. The number of halogens is 2. The SMILES string of the molecule is COC(=O)CCCCCN(C)C[C@@]1(COCc2ccccc2)CC1(F)F. The van der Waals surface area contributed by atoms with Crippen molar-refractivity contribution in [3.05, 3.63) is 35.9 Å². The fraction of sp³-hybridized carbons (Fsp3) is 0.650. The van der Waals surface area contributed by atoms with Gasteiger partial charge in [0.1, 0.15) is 0 Å². The van der Waals surface area contributed by atoms with E-state index in [0.717, 1.165) is 31.4 Å². The van der Waals surface area contributed by atoms with E-state index in [0.29, 0.717) is 19.6 Å². The van der Waals surface area contributed by atoms with E-state index in [1.165, 1.54) is 7.11 Å². The normalized spacial score (nSPS) is 21.0. The highest BCUT2D eigenvalue weighted by Gasteiger charge is 2.71. The second-order valence-corrected chi connectivity index (χ2v) is 7.26. The van der Waals surface area contributed by atoms with Crippen LogP contribution in [0.4, 0.5) is 8.78 Å². The van der Waals surface area contributed by atoms with Crippen LogP contribution < -0.4 is 0 Å². The van der Waals surface area contributed by atoms with Gasteiger partial charge in [0.2, 0.25) is 0 Å². The zero-order valence-electron chi connectivity index (χ0n) is 15.7. The molecular weight excluding hydrogens is 340 g/mol. The predicted octanol–water partition coefficient (Wildman–Crippen LogP) is 3.89. The molecule has 1 aromatic rings. The van der Waals surface area contributed by atoms with Gasteiger partial charge in [-0.2, -0.15) is 0 Å². The summed E-state index contributed by atoms with van der Waals surface area (Å²) >= 11 is 0. The van der Waals surface area contributed by atoms with Crippen LogP contribution in [0, 0.1) is 5.41 Å². The van der Waals surface area contributed by atoms with E-state index < -0.39 is 11.3 Å². The highest BCUT2D eigenvalue weighted by Crippen LogP contribution is 2.60. The molecule has 146 valence electrons. The fourth-order valence-electron chi connectivity index (χ4n) is 3.22. The van der Waals surface area contributed by atoms with Gasteiger partial charge < -0.3 is 14.4 Å². The largest absolute Gasteiger partial charge is 0.469 e. The van der Waals surface area contributed by atoms with Crippen molar-refractivity contribution in [2.75, 3.05) is 33.9 Å². The van der Waals surface area contributed by atoms with Gasteiger partial charge in [-0.15, -0.1) is 0 Å². The van der Waals surface area contributed by atoms with E-state index >= 15 is 0 Å². The number of ether oxygens (including phenoxy) is 2. The average Bonchev–Trinajstić information content (AvgIpc) is 3.15. The second-order valence-electron chi connectivity index (χ2n) is 7.26. The smallest absolute Gasteiger partial charge is 0.305 e. The zero-order valence-corrected chi connectivity index (χ0v) is 15.7. The number of unbranched alkanes of at least 4 members (excludes halogenated alkanes) is 2. The molecule has 0 bridgehead atoms. The summed E-state index contributed by atoms with van der Waals surface area (Å²) in [5, 5.41) is 0. The molecule has 0 N–H and O–H groups in total. The van der Waals surface area contributed by atoms with Crippen molar-refractivity contribution in [3.63, 3.8) is 0 Å². The van der Waals surface area contributed by atoms with Crippen molar-refractivity contribution in [1.29, 1.82) is 0 Å². The Hall–Kier alpha value is -1.53. The van der Waals surface area contributed by atoms with Gasteiger partial charge in [-0.25, -0.2) is 8.78 Å². The standard InChI is InChI=1S/C20H29F2NO3/c1-23(12-8-4-7-11-18(24)25-2)15-19(14-20(19,21)22)16-26-13-17-9-5-3-6-10-17/h3,5-6,9-10H,4,7-8,11-16H2,1-2H3/t19-/m1/s1. The van der Waals surface area contributed by atoms with Crippen LogP contribution in [0.15, 0.2) is 30.3 Å². The lowest BCUT2D eigenvalue weighted by atomic mass is 10.1. The van der Waals surface area contributed by atoms with Crippen molar-refractivity contribution in [2.45, 2.75) is 44.6 Å². The third-order valence-corrected chi connectivity index (χ3v) is 4.92. The molecule has 1 saturated carbocycles. The first-order valence-corrected chi connectivity index (χ1v) is 9.13. The lowest BCUT2D eigenvalue weighted by Crippen LogP contribution is -2.34. The van der Waals surface area contributed by atoms with Crippen molar-refractivity contribution in [2.24, 2.45) is 5.41 Å². The second kappa shape index (κ2) is 9.42. The Morgan fingerprint density at radius 2 is 1.88 bits per heavy atom. The molecule has 1 aliphatic rings. The monoisotopic (exact) mass is 369 g/mol. The lowest BCUT2D eigenvalue weighted by Gasteiger charge is -2.24. The van der Waals surface area contributed by atoms with E-state index in [9.17, 15) is 13.6 Å². The number of carbonyl (C=O) groups is 1. The molecule has 0 aromatic heterocycles. The molecule has 0 spiro atoms. The quantitative estimate of drug-likeness (QED) is 0.414. The predicted molar refractivity (Wildman–Crippen MR) is 96.1 cm³/mol. The molecular formula is C20H29F2NO3. The Bertz CT molecular complexity index is 567. The zero-order chi connectivity index (χ0) is 19.0. The summed E-state index contributed by atoms with van der Waals surface area (Å²) in [7, 11) is 3.25. The molecule has 0 saturated heterocycles. The van der Waals surface area contributed by atoms with E-state index in [4.69, 9.17) is 4.74 Å². The molecule has 2 rings (SSSR count). The third kappa shape index (κ3) is 6.02. The number of hydrogen-bond acceptors (Lipinski definition) is 4. The van der Waals surface area contributed by atoms with Gasteiger partial charge in [0, 0.05) is 19.4 Å². The first-order valence-electron chi connectivity index (χ1n) is 9.13. The van der Waals surface area contributed by atoms with Gasteiger partial charge in [0.05, 0.1) is 25.7 Å². The Balaban J connectivity index is 1.69. The fourth-order valence-corrected chi connectivity index (χ4v) is 3.22. The number of methoxy groups -OCH3 is 1. The molecule has 0 radical (unpaired) electrons. The van der Waals surface area contributed by atoms with E-state index in [1.807, 2.05) is 42.3 Å². The van der Waals surface area contributed by atoms with Crippen molar-refractivity contribution >= 4 is 5.97 Å². The van der Waals surface area contributed by atoms with Gasteiger partial charge in [0.15, 0.2) is 0 Å². The van der Waals surface area contributed by atoms with Gasteiger partial charge in [-0.1, -0.05) is 36.8 Å². The Morgan fingerprint density at radius 1 is 1.19 bits per heavy atom. The summed E-state index contributed by atoms with van der Waals surface area (Å²) in [4.78, 5) is 13.0. The first kappa shape index (κ1) is 20.8. The Morgan fingerprint density at radius 3 is 2.50 bits per heavy atom. The van der Waals surface area contributed by atoms with Gasteiger partial charge in [0.25, 0.3) is 5.92 Å². The molecule has 1 aliphatic carbocycles. The molecule has 26 heavy (non-hydrogen) atoms. The summed E-state index contributed by atoms with van der Waals surface area (Å²) in [6, 6.07) is 9.60. The minimum Gasteiger partial charge on any atom is -0.469 e. The van der Waals surface area contributed by atoms with E-state index in [-0.39, 0.29) is 19.0 Å². The highest BCUT2D eigenvalue weighted by molar-refractivity contribution is 5.68. The summed E-state index contributed by atoms with van der Waals surface area (Å²) in [5.41, 5.74) is -0.0756. The van der Waals surface area contributed by atoms with Crippen LogP contribution in [-0.4, -0.2) is 50.6 Å². The van der Waals surface area contributed by atoms with Crippen LogP contribution >= 0.6 is 0 Å². The van der Waals surface area contributed by atoms with Crippen molar-refractivity contribution in [1.82, 2.24) is 4.90 Å². The van der Waals surface area contributed by atoms with Crippen LogP contribution in [0.3, 0.4) is 0 Å². The molecule has 1 atom stereocenters. The number of carbonyl (C=O) groups excluding carboxylic acids is 1. The molecule has 0 unspecified atom stereocenters. The van der Waals surface area contributed by atoms with Crippen LogP contribution in [0.25, 0.3) is 0 Å². The van der Waals surface area contributed by atoms with Crippen LogP contribution in [-0.2, 0) is 20.9 Å². The Labute approximate surface area is 154 Å². The van der Waals surface area contributed by atoms with E-state index in [2.05, 4.69) is 4.74 Å². The first-order chi connectivity index (χ1) is 12.4. The number of hydrogen-bond donors (Lipinski definition) is 0. The molecule has 0 aliphatic heterocycles. The Kier molecular flexibility index (Phi) is 7.53. The maximum atomic E-state index is 14.0. The van der Waals surface area contributed by atoms with Crippen LogP contribution in [0.2, 0.25) is 0 Å². The maximum Gasteiger partial charge on any atom is 0.305 e. The summed E-state index contributed by atoms with van der Waals surface area (Å²) in [6.45, 7) is 1.49. The number of nitrogens with zero attached hydrogens (tertiary/aromatic N) is 1.